The SMILES string of the molecule is C/C=C(\C)CC(C)CO. The molecule has 0 radical (unpaired) electrons. The molecule has 54 valence electrons. The summed E-state index contributed by atoms with van der Waals surface area (Å²) in [6.07, 6.45) is 3.11. The van der Waals surface area contributed by atoms with E-state index in [2.05, 4.69) is 13.0 Å². The summed E-state index contributed by atoms with van der Waals surface area (Å²) < 4.78 is 0. The van der Waals surface area contributed by atoms with E-state index in [0.29, 0.717) is 12.5 Å². The van der Waals surface area contributed by atoms with E-state index in [1.807, 2.05) is 13.8 Å². The number of hydrogen-bond donors (Lipinski definition) is 1. The Morgan fingerprint density at radius 3 is 2.56 bits per heavy atom. The zero-order valence-corrected chi connectivity index (χ0v) is 6.52. The maximum absolute atomic E-state index is 8.65. The molecular weight excluding hydrogens is 112 g/mol. The van der Waals surface area contributed by atoms with Gasteiger partial charge in [0, 0.05) is 6.61 Å². The number of hydrogen-bond acceptors (Lipinski definition) is 1. The summed E-state index contributed by atoms with van der Waals surface area (Å²) in [5, 5.41) is 8.65. The Balaban J connectivity index is 3.47. The van der Waals surface area contributed by atoms with Crippen LogP contribution in [0.25, 0.3) is 0 Å². The Labute approximate surface area is 57.4 Å². The molecule has 0 bridgehead atoms. The molecule has 0 amide bonds. The summed E-state index contributed by atoms with van der Waals surface area (Å²) in [5.74, 6) is 0.418. The molecule has 9 heavy (non-hydrogen) atoms. The molecule has 0 spiro atoms. The largest absolute Gasteiger partial charge is 0.396 e. The van der Waals surface area contributed by atoms with Crippen molar-refractivity contribution in [1.29, 1.82) is 0 Å². The van der Waals surface area contributed by atoms with Crippen LogP contribution in [0.5, 0.6) is 0 Å². The second-order valence-corrected chi connectivity index (χ2v) is 2.63. The summed E-state index contributed by atoms with van der Waals surface area (Å²) in [6.45, 7) is 6.46. The van der Waals surface area contributed by atoms with Crippen LogP contribution in [-0.2, 0) is 0 Å². The first-order valence-electron chi connectivity index (χ1n) is 3.43. The summed E-state index contributed by atoms with van der Waals surface area (Å²) >= 11 is 0. The monoisotopic (exact) mass is 128 g/mol. The van der Waals surface area contributed by atoms with E-state index in [9.17, 15) is 0 Å². The minimum absolute atomic E-state index is 0.297. The molecule has 1 N–H and O–H groups in total. The first-order chi connectivity index (χ1) is 4.20. The molecule has 1 heteroatoms. The van der Waals surface area contributed by atoms with Crippen molar-refractivity contribution in [2.75, 3.05) is 6.61 Å². The third kappa shape index (κ3) is 4.22. The van der Waals surface area contributed by atoms with Gasteiger partial charge in [-0.3, -0.25) is 0 Å². The fraction of sp³-hybridized carbons (Fsp3) is 0.750. The lowest BCUT2D eigenvalue weighted by Gasteiger charge is -2.05. The van der Waals surface area contributed by atoms with E-state index in [1.54, 1.807) is 0 Å². The average molecular weight is 128 g/mol. The highest BCUT2D eigenvalue weighted by Crippen LogP contribution is 2.08. The summed E-state index contributed by atoms with van der Waals surface area (Å²) in [4.78, 5) is 0. The van der Waals surface area contributed by atoms with Gasteiger partial charge in [0.05, 0.1) is 0 Å². The highest BCUT2D eigenvalue weighted by molar-refractivity contribution is 4.96. The van der Waals surface area contributed by atoms with E-state index in [4.69, 9.17) is 5.11 Å². The predicted octanol–water partition coefficient (Wildman–Crippen LogP) is 1.97. The van der Waals surface area contributed by atoms with Gasteiger partial charge in [-0.25, -0.2) is 0 Å². The van der Waals surface area contributed by atoms with Crippen LogP contribution in [0.2, 0.25) is 0 Å². The maximum atomic E-state index is 8.65. The Hall–Kier alpha value is -0.300. The quantitative estimate of drug-likeness (QED) is 0.576. The zero-order chi connectivity index (χ0) is 7.28. The lowest BCUT2D eigenvalue weighted by molar-refractivity contribution is 0.237. The molecule has 0 heterocycles. The molecule has 0 aromatic carbocycles. The van der Waals surface area contributed by atoms with E-state index in [0.717, 1.165) is 6.42 Å². The third-order valence-electron chi connectivity index (χ3n) is 1.47. The fourth-order valence-electron chi connectivity index (χ4n) is 0.732. The van der Waals surface area contributed by atoms with Gasteiger partial charge >= 0.3 is 0 Å². The van der Waals surface area contributed by atoms with Gasteiger partial charge < -0.3 is 5.11 Å². The van der Waals surface area contributed by atoms with Crippen molar-refractivity contribution in [3.05, 3.63) is 11.6 Å². The molecule has 0 fully saturated rings. The molecule has 0 aliphatic heterocycles. The van der Waals surface area contributed by atoms with Crippen LogP contribution in [0.15, 0.2) is 11.6 Å². The van der Waals surface area contributed by atoms with Crippen molar-refractivity contribution in [1.82, 2.24) is 0 Å². The minimum atomic E-state index is 0.297. The van der Waals surface area contributed by atoms with Gasteiger partial charge in [0.15, 0.2) is 0 Å². The minimum Gasteiger partial charge on any atom is -0.396 e. The standard InChI is InChI=1S/C8H16O/c1-4-7(2)5-8(3)6-9/h4,8-9H,5-6H2,1-3H3/b7-4+. The molecule has 0 aliphatic rings. The number of allylic oxidation sites excluding steroid dienone is 2. The normalized spacial score (nSPS) is 15.8. The van der Waals surface area contributed by atoms with Crippen LogP contribution >= 0.6 is 0 Å². The van der Waals surface area contributed by atoms with Gasteiger partial charge in [-0.15, -0.1) is 0 Å². The Bertz CT molecular complexity index is 94.7. The van der Waals surface area contributed by atoms with E-state index >= 15 is 0 Å². The van der Waals surface area contributed by atoms with Crippen molar-refractivity contribution >= 4 is 0 Å². The summed E-state index contributed by atoms with van der Waals surface area (Å²) in [5.41, 5.74) is 1.36. The van der Waals surface area contributed by atoms with Gasteiger partial charge in [-0.2, -0.15) is 0 Å². The second-order valence-electron chi connectivity index (χ2n) is 2.63. The van der Waals surface area contributed by atoms with Gasteiger partial charge in [0.25, 0.3) is 0 Å². The van der Waals surface area contributed by atoms with Gasteiger partial charge in [0.1, 0.15) is 0 Å². The molecule has 0 saturated carbocycles. The van der Waals surface area contributed by atoms with Crippen LogP contribution in [0, 0.1) is 5.92 Å². The maximum Gasteiger partial charge on any atom is 0.0459 e. The highest BCUT2D eigenvalue weighted by Gasteiger charge is 1.98. The Kier molecular flexibility index (Phi) is 4.41. The van der Waals surface area contributed by atoms with Crippen molar-refractivity contribution in [2.24, 2.45) is 5.92 Å². The van der Waals surface area contributed by atoms with E-state index in [-0.39, 0.29) is 0 Å². The predicted molar refractivity (Wildman–Crippen MR) is 40.3 cm³/mol. The molecule has 1 unspecified atom stereocenters. The average Bonchev–Trinajstić information content (AvgIpc) is 1.87. The Morgan fingerprint density at radius 2 is 2.22 bits per heavy atom. The molecule has 1 nitrogen and oxygen atoms in total. The van der Waals surface area contributed by atoms with Gasteiger partial charge in [0.2, 0.25) is 0 Å². The fourth-order valence-corrected chi connectivity index (χ4v) is 0.732. The molecule has 1 atom stereocenters. The Morgan fingerprint density at radius 1 is 1.67 bits per heavy atom. The summed E-state index contributed by atoms with van der Waals surface area (Å²) in [7, 11) is 0. The van der Waals surface area contributed by atoms with Crippen molar-refractivity contribution in [3.8, 4) is 0 Å². The van der Waals surface area contributed by atoms with Crippen LogP contribution < -0.4 is 0 Å². The molecule has 0 aromatic rings. The highest BCUT2D eigenvalue weighted by atomic mass is 16.3. The second kappa shape index (κ2) is 4.57. The number of aliphatic hydroxyl groups is 1. The van der Waals surface area contributed by atoms with Crippen molar-refractivity contribution in [3.63, 3.8) is 0 Å². The topological polar surface area (TPSA) is 20.2 Å². The molecule has 0 saturated heterocycles. The smallest absolute Gasteiger partial charge is 0.0459 e. The van der Waals surface area contributed by atoms with Gasteiger partial charge in [-0.1, -0.05) is 18.6 Å². The first kappa shape index (κ1) is 8.70. The lowest BCUT2D eigenvalue weighted by Crippen LogP contribution is -2.00. The molecular formula is C8H16O. The van der Waals surface area contributed by atoms with Crippen molar-refractivity contribution in [2.45, 2.75) is 27.2 Å². The van der Waals surface area contributed by atoms with Crippen LogP contribution in [-0.4, -0.2) is 11.7 Å². The summed E-state index contributed by atoms with van der Waals surface area (Å²) in [6, 6.07) is 0. The van der Waals surface area contributed by atoms with E-state index < -0.39 is 0 Å². The molecule has 0 aromatic heterocycles. The third-order valence-corrected chi connectivity index (χ3v) is 1.47. The number of rotatable bonds is 3. The van der Waals surface area contributed by atoms with Crippen molar-refractivity contribution < 1.29 is 5.11 Å². The van der Waals surface area contributed by atoms with Gasteiger partial charge in [-0.05, 0) is 26.2 Å². The first-order valence-corrected chi connectivity index (χ1v) is 3.43. The lowest BCUT2D eigenvalue weighted by atomic mass is 10.0. The molecule has 0 rings (SSSR count). The number of aliphatic hydroxyl groups excluding tert-OH is 1. The van der Waals surface area contributed by atoms with Crippen LogP contribution in [0.1, 0.15) is 27.2 Å². The zero-order valence-electron chi connectivity index (χ0n) is 6.52. The molecule has 0 aliphatic carbocycles. The van der Waals surface area contributed by atoms with Crippen LogP contribution in [0.4, 0.5) is 0 Å². The van der Waals surface area contributed by atoms with E-state index in [1.165, 1.54) is 5.57 Å². The van der Waals surface area contributed by atoms with Crippen LogP contribution in [0.3, 0.4) is 0 Å².